The molecule has 7 heteroatoms. The Bertz CT molecular complexity index is 782. The molecule has 27 heavy (non-hydrogen) atoms. The topological polar surface area (TPSA) is 75.6 Å². The van der Waals surface area contributed by atoms with Crippen molar-refractivity contribution in [2.75, 3.05) is 5.32 Å². The Morgan fingerprint density at radius 2 is 1.89 bits per heavy atom. The van der Waals surface area contributed by atoms with Gasteiger partial charge in [-0.1, -0.05) is 23.2 Å². The van der Waals surface area contributed by atoms with E-state index in [1.54, 1.807) is 25.1 Å². The van der Waals surface area contributed by atoms with E-state index < -0.39 is 23.0 Å². The predicted molar refractivity (Wildman–Crippen MR) is 103 cm³/mol. The number of amides is 1. The van der Waals surface area contributed by atoms with Crippen LogP contribution in [0.2, 0.25) is 10.0 Å². The summed E-state index contributed by atoms with van der Waals surface area (Å²) in [5.74, 6) is -0.0813. The molecule has 1 aromatic rings. The lowest BCUT2D eigenvalue weighted by atomic mass is 9.48. The maximum Gasteiger partial charge on any atom is 0.312 e. The summed E-state index contributed by atoms with van der Waals surface area (Å²) < 4.78 is 5.55. The van der Waals surface area contributed by atoms with Crippen molar-refractivity contribution in [3.05, 3.63) is 28.2 Å². The molecule has 0 heterocycles. The van der Waals surface area contributed by atoms with Crippen LogP contribution in [0.1, 0.15) is 45.4 Å². The largest absolute Gasteiger partial charge is 0.452 e. The molecule has 1 amide bonds. The van der Waals surface area contributed by atoms with Gasteiger partial charge in [-0.05, 0) is 75.5 Å². The first-order valence-electron chi connectivity index (χ1n) is 9.37. The number of carbonyl (C=O) groups is 2. The number of esters is 1. The van der Waals surface area contributed by atoms with Gasteiger partial charge in [0.05, 0.1) is 21.7 Å². The van der Waals surface area contributed by atoms with Gasteiger partial charge in [-0.15, -0.1) is 0 Å². The van der Waals surface area contributed by atoms with E-state index in [0.717, 1.165) is 32.1 Å². The van der Waals surface area contributed by atoms with Crippen molar-refractivity contribution in [2.45, 2.75) is 57.2 Å². The molecule has 0 aromatic heterocycles. The van der Waals surface area contributed by atoms with Crippen molar-refractivity contribution in [3.63, 3.8) is 0 Å². The van der Waals surface area contributed by atoms with Crippen LogP contribution in [0.15, 0.2) is 18.2 Å². The summed E-state index contributed by atoms with van der Waals surface area (Å²) in [5, 5.41) is 14.3. The molecular formula is C20H23Cl2NO4. The van der Waals surface area contributed by atoms with E-state index >= 15 is 0 Å². The molecule has 4 aliphatic rings. The van der Waals surface area contributed by atoms with Crippen LogP contribution in [0.5, 0.6) is 0 Å². The highest BCUT2D eigenvalue weighted by atomic mass is 35.5. The van der Waals surface area contributed by atoms with Crippen LogP contribution in [-0.2, 0) is 14.3 Å². The minimum Gasteiger partial charge on any atom is -0.452 e. The van der Waals surface area contributed by atoms with E-state index in [1.165, 1.54) is 0 Å². The van der Waals surface area contributed by atoms with Gasteiger partial charge in [0.15, 0.2) is 6.10 Å². The molecular weight excluding hydrogens is 389 g/mol. The van der Waals surface area contributed by atoms with Gasteiger partial charge in [-0.3, -0.25) is 9.59 Å². The van der Waals surface area contributed by atoms with Gasteiger partial charge in [0.1, 0.15) is 0 Å². The molecule has 2 N–H and O–H groups in total. The molecule has 4 saturated carbocycles. The number of ether oxygens (including phenoxy) is 1. The summed E-state index contributed by atoms with van der Waals surface area (Å²) in [6.45, 7) is 1.54. The Hall–Kier alpha value is -1.30. The summed E-state index contributed by atoms with van der Waals surface area (Å²) in [5.41, 5.74) is -1.02. The lowest BCUT2D eigenvalue weighted by Crippen LogP contribution is -2.59. The van der Waals surface area contributed by atoms with Crippen LogP contribution < -0.4 is 5.32 Å². The van der Waals surface area contributed by atoms with Crippen molar-refractivity contribution in [1.82, 2.24) is 0 Å². The third kappa shape index (κ3) is 3.57. The summed E-state index contributed by atoms with van der Waals surface area (Å²) in [6.07, 6.45) is 3.62. The average molecular weight is 412 g/mol. The number of anilines is 1. The first-order chi connectivity index (χ1) is 12.7. The molecule has 146 valence electrons. The van der Waals surface area contributed by atoms with Gasteiger partial charge < -0.3 is 15.2 Å². The molecule has 4 fully saturated rings. The highest BCUT2D eigenvalue weighted by molar-refractivity contribution is 6.35. The number of halogens is 2. The lowest BCUT2D eigenvalue weighted by molar-refractivity contribution is -0.199. The Kier molecular flexibility index (Phi) is 4.68. The minimum absolute atomic E-state index is 0.356. The molecule has 4 bridgehead atoms. The zero-order valence-electron chi connectivity index (χ0n) is 15.1. The van der Waals surface area contributed by atoms with Gasteiger partial charge in [-0.25, -0.2) is 0 Å². The zero-order chi connectivity index (χ0) is 19.4. The second-order valence-corrected chi connectivity index (χ2v) is 9.47. The minimum atomic E-state index is -0.963. The molecule has 4 aliphatic carbocycles. The number of hydrogen-bond donors (Lipinski definition) is 2. The first-order valence-corrected chi connectivity index (χ1v) is 10.1. The monoisotopic (exact) mass is 411 g/mol. The molecule has 1 aromatic carbocycles. The van der Waals surface area contributed by atoms with E-state index in [2.05, 4.69) is 5.32 Å². The fraction of sp³-hybridized carbons (Fsp3) is 0.600. The van der Waals surface area contributed by atoms with Crippen molar-refractivity contribution in [3.8, 4) is 0 Å². The normalized spacial score (nSPS) is 35.0. The number of rotatable bonds is 4. The maximum atomic E-state index is 13.0. The lowest BCUT2D eigenvalue weighted by Gasteiger charge is -2.58. The smallest absolute Gasteiger partial charge is 0.312 e. The van der Waals surface area contributed by atoms with Crippen LogP contribution in [0.4, 0.5) is 5.69 Å². The summed E-state index contributed by atoms with van der Waals surface area (Å²) in [4.78, 5) is 25.4. The quantitative estimate of drug-likeness (QED) is 0.727. The summed E-state index contributed by atoms with van der Waals surface area (Å²) >= 11 is 12.0. The maximum absolute atomic E-state index is 13.0. The zero-order valence-corrected chi connectivity index (χ0v) is 16.6. The highest BCUT2D eigenvalue weighted by Crippen LogP contribution is 2.62. The van der Waals surface area contributed by atoms with Crippen molar-refractivity contribution >= 4 is 40.8 Å². The molecule has 0 saturated heterocycles. The van der Waals surface area contributed by atoms with Gasteiger partial charge in [-0.2, -0.15) is 0 Å². The number of carbonyl (C=O) groups excluding carboxylic acids is 2. The van der Waals surface area contributed by atoms with Gasteiger partial charge in [0.25, 0.3) is 5.91 Å². The number of benzene rings is 1. The molecule has 0 spiro atoms. The molecule has 5 nitrogen and oxygen atoms in total. The standard InChI is InChI=1S/C20H23Cl2NO4/c1-11(17(24)23-16-5-14(21)2-3-15(16)22)27-18(25)19-6-12-4-13(7-19)9-20(26,8-12)10-19/h2-3,5,11-13,26H,4,6-10H2,1H3,(H,23,24). The van der Waals surface area contributed by atoms with E-state index in [-0.39, 0.29) is 5.97 Å². The second kappa shape index (κ2) is 6.64. The highest BCUT2D eigenvalue weighted by Gasteiger charge is 2.61. The molecule has 0 aliphatic heterocycles. The Labute approximate surface area is 168 Å². The third-order valence-electron chi connectivity index (χ3n) is 6.30. The van der Waals surface area contributed by atoms with Gasteiger partial charge in [0, 0.05) is 5.02 Å². The van der Waals surface area contributed by atoms with E-state index in [4.69, 9.17) is 27.9 Å². The molecule has 3 unspecified atom stereocenters. The van der Waals surface area contributed by atoms with Crippen LogP contribution in [-0.4, -0.2) is 28.7 Å². The van der Waals surface area contributed by atoms with E-state index in [9.17, 15) is 14.7 Å². The molecule has 3 atom stereocenters. The number of hydrogen-bond acceptors (Lipinski definition) is 4. The Morgan fingerprint density at radius 1 is 1.22 bits per heavy atom. The average Bonchev–Trinajstić information content (AvgIpc) is 2.55. The number of nitrogens with one attached hydrogen (secondary N) is 1. The van der Waals surface area contributed by atoms with E-state index in [1.807, 2.05) is 0 Å². The van der Waals surface area contributed by atoms with Crippen molar-refractivity contribution in [2.24, 2.45) is 17.3 Å². The molecule has 0 radical (unpaired) electrons. The van der Waals surface area contributed by atoms with Crippen LogP contribution in [0.25, 0.3) is 0 Å². The fourth-order valence-corrected chi connectivity index (χ4v) is 5.96. The summed E-state index contributed by atoms with van der Waals surface area (Å²) in [7, 11) is 0. The van der Waals surface area contributed by atoms with Crippen molar-refractivity contribution < 1.29 is 19.4 Å². The molecule has 5 rings (SSSR count). The van der Waals surface area contributed by atoms with E-state index in [0.29, 0.717) is 34.0 Å². The second-order valence-electron chi connectivity index (χ2n) is 8.63. The fourth-order valence-electron chi connectivity index (χ4n) is 5.62. The van der Waals surface area contributed by atoms with Gasteiger partial charge in [0.2, 0.25) is 0 Å². The van der Waals surface area contributed by atoms with Gasteiger partial charge >= 0.3 is 5.97 Å². The van der Waals surface area contributed by atoms with Crippen LogP contribution in [0, 0.1) is 17.3 Å². The third-order valence-corrected chi connectivity index (χ3v) is 6.87. The van der Waals surface area contributed by atoms with Crippen LogP contribution >= 0.6 is 23.2 Å². The number of aliphatic hydroxyl groups is 1. The first kappa shape index (κ1) is 19.0. The Balaban J connectivity index is 1.43. The SMILES string of the molecule is CC(OC(=O)C12CC3CC(CC(O)(C3)C1)C2)C(=O)Nc1cc(Cl)ccc1Cl. The van der Waals surface area contributed by atoms with Crippen LogP contribution in [0.3, 0.4) is 0 Å². The Morgan fingerprint density at radius 3 is 2.52 bits per heavy atom. The van der Waals surface area contributed by atoms with Crippen molar-refractivity contribution in [1.29, 1.82) is 0 Å². The predicted octanol–water partition coefficient (Wildman–Crippen LogP) is 4.19. The summed E-state index contributed by atoms with van der Waals surface area (Å²) in [6, 6.07) is 4.76.